The summed E-state index contributed by atoms with van der Waals surface area (Å²) in [6.45, 7) is 5.54. The molecule has 3 nitrogen and oxygen atoms in total. The molecule has 0 amide bonds. The maximum atomic E-state index is 13.7. The molecule has 1 aromatic heterocycles. The number of benzene rings is 2. The van der Waals surface area contributed by atoms with E-state index in [1.807, 2.05) is 12.3 Å². The molecule has 0 atom stereocenters. The summed E-state index contributed by atoms with van der Waals surface area (Å²) in [5.74, 6) is -0.207. The summed E-state index contributed by atoms with van der Waals surface area (Å²) in [4.78, 5) is 9.60. The van der Waals surface area contributed by atoms with Gasteiger partial charge in [-0.2, -0.15) is 0 Å². The average molecular weight is 400 g/mol. The Hall–Kier alpha value is -2.82. The smallest absolute Gasteiger partial charge is 0.123 e. The van der Waals surface area contributed by atoms with Crippen LogP contribution >= 0.6 is 0 Å². The summed E-state index contributed by atoms with van der Waals surface area (Å²) < 4.78 is 13.7. The third-order valence-corrected chi connectivity index (χ3v) is 6.18. The van der Waals surface area contributed by atoms with Crippen molar-refractivity contribution >= 4 is 5.57 Å². The number of rotatable bonds is 4. The summed E-state index contributed by atoms with van der Waals surface area (Å²) in [7, 11) is 2.19. The summed E-state index contributed by atoms with van der Waals surface area (Å²) in [5, 5.41) is 0. The molecule has 0 spiro atoms. The van der Waals surface area contributed by atoms with Crippen molar-refractivity contribution < 1.29 is 4.39 Å². The quantitative estimate of drug-likeness (QED) is 0.638. The predicted molar refractivity (Wildman–Crippen MR) is 120 cm³/mol. The van der Waals surface area contributed by atoms with Crippen molar-refractivity contribution in [2.24, 2.45) is 0 Å². The van der Waals surface area contributed by atoms with Gasteiger partial charge >= 0.3 is 0 Å². The first kappa shape index (κ1) is 19.2. The zero-order chi connectivity index (χ0) is 20.5. The fourth-order valence-corrected chi connectivity index (χ4v) is 4.35. The van der Waals surface area contributed by atoms with Crippen molar-refractivity contribution in [2.45, 2.75) is 13.0 Å². The number of piperazine rings is 1. The molecule has 30 heavy (non-hydrogen) atoms. The Labute approximate surface area is 177 Å². The van der Waals surface area contributed by atoms with Crippen LogP contribution in [-0.4, -0.2) is 48.0 Å². The van der Waals surface area contributed by atoms with Gasteiger partial charge in [0.2, 0.25) is 0 Å². The topological polar surface area (TPSA) is 19.4 Å². The minimum Gasteiger partial charge on any atom is -0.304 e. The van der Waals surface area contributed by atoms with Gasteiger partial charge in [-0.15, -0.1) is 0 Å². The van der Waals surface area contributed by atoms with E-state index >= 15 is 0 Å². The Bertz CT molecular complexity index is 1080. The monoisotopic (exact) mass is 399 g/mol. The Morgan fingerprint density at radius 3 is 2.47 bits per heavy atom. The molecule has 1 aliphatic heterocycles. The highest BCUT2D eigenvalue weighted by Gasteiger charge is 2.18. The molecule has 2 heterocycles. The van der Waals surface area contributed by atoms with E-state index < -0.39 is 0 Å². The maximum Gasteiger partial charge on any atom is 0.123 e. The zero-order valence-electron chi connectivity index (χ0n) is 17.3. The van der Waals surface area contributed by atoms with E-state index in [-0.39, 0.29) is 5.82 Å². The molecule has 0 unspecified atom stereocenters. The van der Waals surface area contributed by atoms with Crippen LogP contribution in [0, 0.1) is 5.82 Å². The lowest BCUT2D eigenvalue weighted by atomic mass is 9.97. The van der Waals surface area contributed by atoms with Gasteiger partial charge in [-0.1, -0.05) is 42.5 Å². The first-order valence-corrected chi connectivity index (χ1v) is 10.6. The number of aromatic nitrogens is 1. The second kappa shape index (κ2) is 8.13. The molecule has 4 heteroatoms. The lowest BCUT2D eigenvalue weighted by Gasteiger charge is -2.32. The van der Waals surface area contributed by atoms with Gasteiger partial charge in [0, 0.05) is 56.5 Å². The Morgan fingerprint density at radius 2 is 1.70 bits per heavy atom. The van der Waals surface area contributed by atoms with Gasteiger partial charge < -0.3 is 4.90 Å². The molecule has 1 fully saturated rings. The lowest BCUT2D eigenvalue weighted by molar-refractivity contribution is 0.148. The van der Waals surface area contributed by atoms with Gasteiger partial charge in [0.25, 0.3) is 0 Å². The van der Waals surface area contributed by atoms with E-state index in [1.54, 1.807) is 12.1 Å². The van der Waals surface area contributed by atoms with Crippen molar-refractivity contribution in [3.05, 3.63) is 95.1 Å². The van der Waals surface area contributed by atoms with Crippen molar-refractivity contribution in [1.82, 2.24) is 14.8 Å². The Balaban J connectivity index is 1.36. The number of halogens is 1. The molecule has 0 saturated carbocycles. The van der Waals surface area contributed by atoms with Crippen LogP contribution in [0.3, 0.4) is 0 Å². The molecule has 1 aliphatic carbocycles. The Kier molecular flexibility index (Phi) is 5.19. The standard InChI is InChI=1S/C26H26FN3/c1-29-11-13-30(14-12-29)18-19-5-7-20(8-6-19)22-16-25-24(9-10-26(25)28-17-22)21-3-2-4-23(27)15-21/h2-9,15-17H,10-14,18H2,1H3. The molecule has 0 N–H and O–H groups in total. The third-order valence-electron chi connectivity index (χ3n) is 6.18. The molecular formula is C26H26FN3. The van der Waals surface area contributed by atoms with Gasteiger partial charge in [0.05, 0.1) is 5.69 Å². The van der Waals surface area contributed by atoms with Crippen LogP contribution in [0.1, 0.15) is 22.4 Å². The van der Waals surface area contributed by atoms with Crippen molar-refractivity contribution in [2.75, 3.05) is 33.2 Å². The number of hydrogen-bond acceptors (Lipinski definition) is 3. The molecule has 1 saturated heterocycles. The average Bonchev–Trinajstić information content (AvgIpc) is 3.19. The number of pyridine rings is 1. The second-order valence-corrected chi connectivity index (χ2v) is 8.33. The van der Waals surface area contributed by atoms with Crippen LogP contribution in [0.5, 0.6) is 0 Å². The van der Waals surface area contributed by atoms with E-state index in [1.165, 1.54) is 11.6 Å². The lowest BCUT2D eigenvalue weighted by Crippen LogP contribution is -2.43. The van der Waals surface area contributed by atoms with Crippen molar-refractivity contribution in [1.29, 1.82) is 0 Å². The first-order valence-electron chi connectivity index (χ1n) is 10.6. The molecular weight excluding hydrogens is 373 g/mol. The van der Waals surface area contributed by atoms with Crippen LogP contribution in [0.2, 0.25) is 0 Å². The molecule has 152 valence electrons. The van der Waals surface area contributed by atoms with Crippen LogP contribution in [0.15, 0.2) is 66.9 Å². The van der Waals surface area contributed by atoms with E-state index in [9.17, 15) is 4.39 Å². The highest BCUT2D eigenvalue weighted by Crippen LogP contribution is 2.34. The minimum atomic E-state index is -0.207. The highest BCUT2D eigenvalue weighted by molar-refractivity contribution is 5.85. The highest BCUT2D eigenvalue weighted by atomic mass is 19.1. The molecule has 0 bridgehead atoms. The summed E-state index contributed by atoms with van der Waals surface area (Å²) in [5.41, 5.74) is 7.77. The van der Waals surface area contributed by atoms with Gasteiger partial charge in [-0.05, 0) is 47.5 Å². The number of fused-ring (bicyclic) bond motifs is 1. The van der Waals surface area contributed by atoms with Crippen molar-refractivity contribution in [3.63, 3.8) is 0 Å². The largest absolute Gasteiger partial charge is 0.304 e. The molecule has 0 radical (unpaired) electrons. The molecule has 5 rings (SSSR count). The van der Waals surface area contributed by atoms with E-state index in [2.05, 4.69) is 53.3 Å². The van der Waals surface area contributed by atoms with E-state index in [0.717, 1.165) is 72.7 Å². The molecule has 3 aromatic rings. The van der Waals surface area contributed by atoms with Crippen molar-refractivity contribution in [3.8, 4) is 11.1 Å². The number of hydrogen-bond donors (Lipinski definition) is 0. The summed E-state index contributed by atoms with van der Waals surface area (Å²) >= 11 is 0. The molecule has 2 aliphatic rings. The SMILES string of the molecule is CN1CCN(Cc2ccc(-c3cnc4c(c3)C(c3cccc(F)c3)=CC4)cc2)CC1. The van der Waals surface area contributed by atoms with Crippen LogP contribution in [-0.2, 0) is 13.0 Å². The fraction of sp³-hybridized carbons (Fsp3) is 0.269. The second-order valence-electron chi connectivity index (χ2n) is 8.33. The van der Waals surface area contributed by atoms with Crippen LogP contribution in [0.25, 0.3) is 16.7 Å². The van der Waals surface area contributed by atoms with Gasteiger partial charge in [0.15, 0.2) is 0 Å². The summed E-state index contributed by atoms with van der Waals surface area (Å²) in [6.07, 6.45) is 4.90. The number of allylic oxidation sites excluding steroid dienone is 1. The normalized spacial score (nSPS) is 17.1. The minimum absolute atomic E-state index is 0.207. The Morgan fingerprint density at radius 1 is 0.900 bits per heavy atom. The molecule has 2 aromatic carbocycles. The fourth-order valence-electron chi connectivity index (χ4n) is 4.35. The third kappa shape index (κ3) is 3.93. The zero-order valence-corrected chi connectivity index (χ0v) is 17.3. The van der Waals surface area contributed by atoms with Gasteiger partial charge in [0.1, 0.15) is 5.82 Å². The van der Waals surface area contributed by atoms with E-state index in [4.69, 9.17) is 4.98 Å². The van der Waals surface area contributed by atoms with Gasteiger partial charge in [-0.3, -0.25) is 9.88 Å². The van der Waals surface area contributed by atoms with Gasteiger partial charge in [-0.25, -0.2) is 4.39 Å². The predicted octanol–water partition coefficient (Wildman–Crippen LogP) is 4.62. The van der Waals surface area contributed by atoms with E-state index in [0.29, 0.717) is 0 Å². The number of nitrogens with zero attached hydrogens (tertiary/aromatic N) is 3. The number of likely N-dealkylation sites (N-methyl/N-ethyl adjacent to an activating group) is 1. The first-order chi connectivity index (χ1) is 14.7. The van der Waals surface area contributed by atoms with Crippen LogP contribution < -0.4 is 0 Å². The maximum absolute atomic E-state index is 13.7. The van der Waals surface area contributed by atoms with Crippen LogP contribution in [0.4, 0.5) is 4.39 Å². The summed E-state index contributed by atoms with van der Waals surface area (Å²) in [6, 6.07) is 17.8.